The zero-order valence-corrected chi connectivity index (χ0v) is 29.3. The molecule has 0 aliphatic rings. The molecule has 0 aromatic rings. The maximum absolute atomic E-state index is 13.3. The average Bonchev–Trinajstić information content (AvgIpc) is 3.04. The number of nitrogens with one attached hydrogen (secondary N) is 1. The van der Waals surface area contributed by atoms with Crippen LogP contribution in [0.25, 0.3) is 0 Å². The predicted octanol–water partition coefficient (Wildman–Crippen LogP) is 2.44. The third-order valence-electron chi connectivity index (χ3n) is 6.24. The van der Waals surface area contributed by atoms with E-state index >= 15 is 0 Å². The summed E-state index contributed by atoms with van der Waals surface area (Å²) < 4.78 is 0. The number of aliphatic carboxylic acids is 3. The first kappa shape index (κ1) is 53.4. The Labute approximate surface area is 307 Å². The summed E-state index contributed by atoms with van der Waals surface area (Å²) in [7, 11) is 0. The first-order chi connectivity index (χ1) is 23.9. The first-order valence-electron chi connectivity index (χ1n) is 15.5. The van der Waals surface area contributed by atoms with Gasteiger partial charge in [0, 0.05) is 52.4 Å². The van der Waals surface area contributed by atoms with Gasteiger partial charge in [-0.2, -0.15) is 0 Å². The van der Waals surface area contributed by atoms with E-state index in [0.29, 0.717) is 0 Å². The lowest BCUT2D eigenvalue weighted by atomic mass is 9.91. The highest BCUT2D eigenvalue weighted by molar-refractivity contribution is 5.95. The van der Waals surface area contributed by atoms with Crippen LogP contribution in [0.2, 0.25) is 0 Å². The van der Waals surface area contributed by atoms with Gasteiger partial charge in [0.2, 0.25) is 11.8 Å². The van der Waals surface area contributed by atoms with Crippen LogP contribution in [0, 0.1) is 0 Å². The number of hydrogen-bond donors (Lipinski definition) is 6. The molecule has 0 rings (SSSR count). The Hall–Kier alpha value is -5.38. The molecule has 0 aliphatic carbocycles. The Morgan fingerprint density at radius 1 is 0.481 bits per heavy atom. The summed E-state index contributed by atoms with van der Waals surface area (Å²) in [6.45, 7) is 31.6. The highest BCUT2D eigenvalue weighted by Gasteiger charge is 2.44. The zero-order chi connectivity index (χ0) is 40.0. The van der Waals surface area contributed by atoms with Gasteiger partial charge in [-0.05, 0) is 0 Å². The van der Waals surface area contributed by atoms with Gasteiger partial charge in [-0.25, -0.2) is 4.79 Å². The van der Waals surface area contributed by atoms with Gasteiger partial charge >= 0.3 is 17.9 Å². The number of carbonyl (C=O) groups is 6. The molecule has 0 saturated heterocycles. The van der Waals surface area contributed by atoms with E-state index in [0.717, 1.165) is 13.1 Å². The molecule has 15 heteroatoms. The van der Waals surface area contributed by atoms with Gasteiger partial charge in [-0.15, -0.1) is 52.6 Å². The number of aliphatic hydroxyl groups is 2. The molecule has 0 heterocycles. The van der Waals surface area contributed by atoms with Crippen LogP contribution < -0.4 is 5.32 Å². The van der Waals surface area contributed by atoms with E-state index in [2.05, 4.69) is 57.9 Å². The molecular weight excluding hydrogens is 676 g/mol. The number of hydrogen-bond acceptors (Lipinski definition) is 9. The Kier molecular flexibility index (Phi) is 31.3. The van der Waals surface area contributed by atoms with Crippen LogP contribution in [0.5, 0.6) is 0 Å². The van der Waals surface area contributed by atoms with Crippen LogP contribution in [0.3, 0.4) is 0 Å². The fourth-order valence-corrected chi connectivity index (χ4v) is 3.97. The second-order valence-electron chi connectivity index (χ2n) is 10.6. The van der Waals surface area contributed by atoms with E-state index in [-0.39, 0.29) is 46.7 Å². The standard InChI is InChI=1S/C24H35N3O4.C6H11N.C6H8O7.CH4/c1-7-13-25(14-8-2)21(28)19-24(31,23(30)27(17-11-5)18-12-6)20-22(29)26(15-9-3)16-10-4;1-3-5-7-6-4-2;7-3(8)1-6(13,5(11)12)2-4(9)10;/h7-12,31H,1-6,13-20H2;3-4,7H,1-2,5-6H2;13H,1-2H2,(H,7,8)(H,9,10)(H,11,12);1H4. The van der Waals surface area contributed by atoms with Crippen LogP contribution in [-0.2, 0) is 28.8 Å². The lowest BCUT2D eigenvalue weighted by molar-refractivity contribution is -0.170. The van der Waals surface area contributed by atoms with Crippen molar-refractivity contribution in [3.8, 4) is 0 Å². The molecule has 0 atom stereocenters. The van der Waals surface area contributed by atoms with E-state index in [1.54, 1.807) is 0 Å². The second-order valence-corrected chi connectivity index (χ2v) is 10.6. The quantitative estimate of drug-likeness (QED) is 0.0557. The summed E-state index contributed by atoms with van der Waals surface area (Å²) in [5, 5.41) is 48.2. The normalized spacial score (nSPS) is 9.96. The minimum absolute atomic E-state index is 0. The summed E-state index contributed by atoms with van der Waals surface area (Å²) in [6, 6.07) is 0. The number of rotatable bonds is 26. The Morgan fingerprint density at radius 3 is 1.00 bits per heavy atom. The number of carboxylic acids is 3. The number of amides is 3. The molecule has 15 nitrogen and oxygen atoms in total. The third kappa shape index (κ3) is 23.1. The van der Waals surface area contributed by atoms with E-state index in [1.807, 2.05) is 12.2 Å². The number of carboxylic acid groups (broad SMARTS) is 3. The maximum Gasteiger partial charge on any atom is 0.336 e. The molecule has 292 valence electrons. The molecule has 0 fully saturated rings. The van der Waals surface area contributed by atoms with Gasteiger partial charge in [-0.3, -0.25) is 24.0 Å². The molecule has 3 amide bonds. The second kappa shape index (κ2) is 30.4. The van der Waals surface area contributed by atoms with Crippen molar-refractivity contribution in [2.24, 2.45) is 0 Å². The van der Waals surface area contributed by atoms with Crippen molar-refractivity contribution in [3.05, 3.63) is 101 Å². The zero-order valence-electron chi connectivity index (χ0n) is 29.3. The van der Waals surface area contributed by atoms with Crippen LogP contribution >= 0.6 is 0 Å². The minimum Gasteiger partial charge on any atom is -0.481 e. The van der Waals surface area contributed by atoms with Gasteiger partial charge < -0.3 is 45.5 Å². The van der Waals surface area contributed by atoms with E-state index in [9.17, 15) is 33.9 Å². The Morgan fingerprint density at radius 2 is 0.769 bits per heavy atom. The molecule has 0 aromatic heterocycles. The molecule has 6 N–H and O–H groups in total. The van der Waals surface area contributed by atoms with Crippen molar-refractivity contribution in [1.29, 1.82) is 0 Å². The molecule has 0 bridgehead atoms. The van der Waals surface area contributed by atoms with E-state index < -0.39 is 72.5 Å². The Balaban J connectivity index is -0.000000449. The van der Waals surface area contributed by atoms with Gasteiger partial charge in [0.05, 0.1) is 25.7 Å². The summed E-state index contributed by atoms with van der Waals surface area (Å²) in [6.07, 6.45) is 9.34. The molecular formula is C37H58N4O11. The van der Waals surface area contributed by atoms with Crippen LogP contribution in [-0.4, -0.2) is 139 Å². The van der Waals surface area contributed by atoms with Crippen LogP contribution in [0.1, 0.15) is 33.1 Å². The molecule has 0 aliphatic heterocycles. The summed E-state index contributed by atoms with van der Waals surface area (Å²) in [5.41, 5.74) is -4.99. The lowest BCUT2D eigenvalue weighted by Gasteiger charge is -2.34. The summed E-state index contributed by atoms with van der Waals surface area (Å²) in [4.78, 5) is 73.6. The van der Waals surface area contributed by atoms with Crippen molar-refractivity contribution < 1.29 is 54.3 Å². The SMILES string of the molecule is C.C=CCN(CC=C)C(=O)CC(O)(CC(=O)N(CC=C)CC=C)C(=O)N(CC=C)CC=C.C=CCNCC=C.O=C(O)CC(O)(CC(=O)O)C(=O)O. The molecule has 52 heavy (non-hydrogen) atoms. The predicted molar refractivity (Wildman–Crippen MR) is 202 cm³/mol. The third-order valence-corrected chi connectivity index (χ3v) is 6.24. The summed E-state index contributed by atoms with van der Waals surface area (Å²) in [5.74, 6) is -6.77. The summed E-state index contributed by atoms with van der Waals surface area (Å²) >= 11 is 0. The fourth-order valence-electron chi connectivity index (χ4n) is 3.97. The maximum atomic E-state index is 13.3. The van der Waals surface area contributed by atoms with E-state index in [1.165, 1.54) is 51.2 Å². The van der Waals surface area contributed by atoms with Crippen molar-refractivity contribution in [3.63, 3.8) is 0 Å². The average molecular weight is 735 g/mol. The topological polar surface area (TPSA) is 225 Å². The molecule has 0 radical (unpaired) electrons. The molecule has 0 spiro atoms. The molecule has 0 aromatic carbocycles. The van der Waals surface area contributed by atoms with Gasteiger partial charge in [0.25, 0.3) is 5.91 Å². The van der Waals surface area contributed by atoms with Crippen LogP contribution in [0.4, 0.5) is 0 Å². The smallest absolute Gasteiger partial charge is 0.336 e. The largest absolute Gasteiger partial charge is 0.481 e. The lowest BCUT2D eigenvalue weighted by Crippen LogP contribution is -2.54. The van der Waals surface area contributed by atoms with E-state index in [4.69, 9.17) is 20.4 Å². The van der Waals surface area contributed by atoms with Gasteiger partial charge in [0.15, 0.2) is 11.2 Å². The number of nitrogens with zero attached hydrogens (tertiary/aromatic N) is 3. The minimum atomic E-state index is -2.74. The van der Waals surface area contributed by atoms with Crippen molar-refractivity contribution in [1.82, 2.24) is 20.0 Å². The Bertz CT molecular complexity index is 1150. The van der Waals surface area contributed by atoms with Crippen LogP contribution in [0.15, 0.2) is 101 Å². The van der Waals surface area contributed by atoms with Gasteiger partial charge in [-0.1, -0.05) is 56.0 Å². The van der Waals surface area contributed by atoms with Crippen molar-refractivity contribution in [2.75, 3.05) is 52.4 Å². The monoisotopic (exact) mass is 734 g/mol. The highest BCUT2D eigenvalue weighted by atomic mass is 16.4. The first-order valence-corrected chi connectivity index (χ1v) is 15.5. The highest BCUT2D eigenvalue weighted by Crippen LogP contribution is 2.23. The van der Waals surface area contributed by atoms with Crippen molar-refractivity contribution in [2.45, 2.75) is 44.3 Å². The number of carbonyl (C=O) groups excluding carboxylic acids is 3. The fraction of sp³-hybridized carbons (Fsp3) is 0.405. The molecule has 0 saturated carbocycles. The van der Waals surface area contributed by atoms with Gasteiger partial charge in [0.1, 0.15) is 0 Å². The molecule has 0 unspecified atom stereocenters. The van der Waals surface area contributed by atoms with Crippen molar-refractivity contribution >= 4 is 35.6 Å².